The topological polar surface area (TPSA) is 17.1 Å². The molecule has 0 bridgehead atoms. The highest BCUT2D eigenvalue weighted by molar-refractivity contribution is 7.65. The van der Waals surface area contributed by atoms with E-state index in [2.05, 4.69) is 0 Å². The summed E-state index contributed by atoms with van der Waals surface area (Å²) in [6.07, 6.45) is 3.75. The predicted molar refractivity (Wildman–Crippen MR) is 72.3 cm³/mol. The minimum atomic E-state index is -4.27. The lowest BCUT2D eigenvalue weighted by Gasteiger charge is -2.38. The molecule has 1 nitrogen and oxygen atoms in total. The van der Waals surface area contributed by atoms with Gasteiger partial charge in [-0.05, 0) is 25.7 Å². The van der Waals surface area contributed by atoms with Crippen molar-refractivity contribution in [1.82, 2.24) is 0 Å². The third-order valence-electron chi connectivity index (χ3n) is 4.81. The van der Waals surface area contributed by atoms with E-state index in [1.54, 1.807) is 0 Å². The fraction of sp³-hybridized carbons (Fsp3) is 1.00. The molecule has 2 fully saturated rings. The summed E-state index contributed by atoms with van der Waals surface area (Å²) in [6, 6.07) is 0. The van der Waals surface area contributed by atoms with Crippen LogP contribution in [0.1, 0.15) is 64.2 Å². The van der Waals surface area contributed by atoms with Crippen molar-refractivity contribution in [3.05, 3.63) is 0 Å². The van der Waals surface area contributed by atoms with Crippen LogP contribution in [0.3, 0.4) is 0 Å². The van der Waals surface area contributed by atoms with Gasteiger partial charge in [-0.25, -0.2) is 0 Å². The maximum Gasteiger partial charge on any atom is 0.395 e. The molecule has 0 atom stereocenters. The summed E-state index contributed by atoms with van der Waals surface area (Å²) in [5.74, 6) is 0. The van der Waals surface area contributed by atoms with Crippen molar-refractivity contribution in [1.29, 1.82) is 0 Å². The Hall–Kier alpha value is 0.0200. The summed E-state index contributed by atoms with van der Waals surface area (Å²) in [4.78, 5) is 0. The van der Waals surface area contributed by atoms with Crippen LogP contribution in [-0.2, 0) is 4.57 Å². The van der Waals surface area contributed by atoms with Crippen LogP contribution in [-0.4, -0.2) is 23.7 Å². The molecule has 0 N–H and O–H groups in total. The zero-order valence-electron chi connectivity index (χ0n) is 11.4. The van der Waals surface area contributed by atoms with Gasteiger partial charge >= 0.3 is 6.18 Å². The Kier molecular flexibility index (Phi) is 5.03. The van der Waals surface area contributed by atoms with Gasteiger partial charge in [-0.1, -0.05) is 38.5 Å². The maximum absolute atomic E-state index is 13.2. The van der Waals surface area contributed by atoms with Crippen LogP contribution < -0.4 is 0 Å². The highest BCUT2D eigenvalue weighted by Crippen LogP contribution is 2.64. The Morgan fingerprint density at radius 2 is 1.16 bits per heavy atom. The number of alkyl halides is 3. The molecule has 5 heteroatoms. The summed E-state index contributed by atoms with van der Waals surface area (Å²) in [5, 5.41) is 0. The number of rotatable bonds is 3. The molecule has 0 aromatic heterocycles. The molecule has 0 aromatic carbocycles. The molecule has 0 aliphatic heterocycles. The lowest BCUT2D eigenvalue weighted by Crippen LogP contribution is -2.30. The first-order valence-corrected chi connectivity index (χ1v) is 9.60. The van der Waals surface area contributed by atoms with Gasteiger partial charge in [0.2, 0.25) is 0 Å². The first-order valence-electron chi connectivity index (χ1n) is 7.57. The van der Waals surface area contributed by atoms with Gasteiger partial charge in [0.05, 0.1) is 6.16 Å². The van der Waals surface area contributed by atoms with E-state index in [9.17, 15) is 17.7 Å². The van der Waals surface area contributed by atoms with Crippen molar-refractivity contribution >= 4 is 7.14 Å². The van der Waals surface area contributed by atoms with Gasteiger partial charge < -0.3 is 4.57 Å². The zero-order chi connectivity index (χ0) is 13.9. The number of hydrogen-bond donors (Lipinski definition) is 0. The molecule has 0 unspecified atom stereocenters. The fourth-order valence-electron chi connectivity index (χ4n) is 3.87. The second-order valence-electron chi connectivity index (χ2n) is 6.21. The molecule has 0 aromatic rings. The Morgan fingerprint density at radius 1 is 0.789 bits per heavy atom. The third kappa shape index (κ3) is 4.00. The van der Waals surface area contributed by atoms with Crippen LogP contribution in [0, 0.1) is 0 Å². The van der Waals surface area contributed by atoms with Crippen molar-refractivity contribution in [2.45, 2.75) is 81.7 Å². The van der Waals surface area contributed by atoms with Crippen molar-refractivity contribution in [2.75, 3.05) is 6.16 Å². The van der Waals surface area contributed by atoms with Gasteiger partial charge in [-0.2, -0.15) is 13.2 Å². The molecular weight excluding hydrogens is 272 g/mol. The van der Waals surface area contributed by atoms with E-state index in [0.29, 0.717) is 0 Å². The molecule has 0 radical (unpaired) electrons. The van der Waals surface area contributed by atoms with Gasteiger partial charge in [0.1, 0.15) is 7.14 Å². The summed E-state index contributed by atoms with van der Waals surface area (Å²) < 4.78 is 51.9. The van der Waals surface area contributed by atoms with E-state index in [-0.39, 0.29) is 11.3 Å². The van der Waals surface area contributed by atoms with Crippen LogP contribution >= 0.6 is 7.14 Å². The van der Waals surface area contributed by atoms with Gasteiger partial charge in [0, 0.05) is 11.3 Å². The molecule has 2 saturated carbocycles. The average molecular weight is 296 g/mol. The molecule has 0 amide bonds. The van der Waals surface area contributed by atoms with Gasteiger partial charge in [0.25, 0.3) is 0 Å². The van der Waals surface area contributed by atoms with Gasteiger partial charge in [-0.15, -0.1) is 0 Å². The van der Waals surface area contributed by atoms with E-state index in [1.165, 1.54) is 0 Å². The standard InChI is InChI=1S/C14H24F3OP/c15-14(16,17)11-19(18,12-7-3-1-4-8-12)13-9-5-2-6-10-13/h12-13H,1-11H2. The molecule has 19 heavy (non-hydrogen) atoms. The highest BCUT2D eigenvalue weighted by atomic mass is 31.2. The molecule has 2 rings (SSSR count). The summed E-state index contributed by atoms with van der Waals surface area (Å²) in [6.45, 7) is 0. The van der Waals surface area contributed by atoms with E-state index in [4.69, 9.17) is 0 Å². The lowest BCUT2D eigenvalue weighted by molar-refractivity contribution is -0.107. The minimum Gasteiger partial charge on any atom is -0.323 e. The lowest BCUT2D eigenvalue weighted by atomic mass is 9.99. The molecule has 0 spiro atoms. The van der Waals surface area contributed by atoms with Crippen LogP contribution in [0.2, 0.25) is 0 Å². The second kappa shape index (κ2) is 6.20. The summed E-state index contributed by atoms with van der Waals surface area (Å²) in [7, 11) is -3.12. The summed E-state index contributed by atoms with van der Waals surface area (Å²) in [5.41, 5.74) is -0.294. The van der Waals surface area contributed by atoms with Gasteiger partial charge in [0.15, 0.2) is 0 Å². The smallest absolute Gasteiger partial charge is 0.323 e. The van der Waals surface area contributed by atoms with Crippen molar-refractivity contribution in [2.24, 2.45) is 0 Å². The van der Waals surface area contributed by atoms with Crippen LogP contribution in [0.25, 0.3) is 0 Å². The average Bonchev–Trinajstić information content (AvgIpc) is 2.39. The molecule has 0 heterocycles. The van der Waals surface area contributed by atoms with Gasteiger partial charge in [-0.3, -0.25) is 0 Å². The zero-order valence-corrected chi connectivity index (χ0v) is 12.3. The molecule has 2 aliphatic rings. The van der Waals surface area contributed by atoms with E-state index in [0.717, 1.165) is 64.2 Å². The Morgan fingerprint density at radius 3 is 1.47 bits per heavy atom. The SMILES string of the molecule is O=P(CC(F)(F)F)(C1CCCCC1)C1CCCCC1. The third-order valence-corrected chi connectivity index (χ3v) is 9.17. The van der Waals surface area contributed by atoms with E-state index >= 15 is 0 Å². The predicted octanol–water partition coefficient (Wildman–Crippen LogP) is 5.58. The Balaban J connectivity index is 2.17. The van der Waals surface area contributed by atoms with Crippen molar-refractivity contribution in [3.63, 3.8) is 0 Å². The van der Waals surface area contributed by atoms with E-state index < -0.39 is 19.5 Å². The summed E-state index contributed by atoms with van der Waals surface area (Å²) >= 11 is 0. The van der Waals surface area contributed by atoms with E-state index in [1.807, 2.05) is 0 Å². The van der Waals surface area contributed by atoms with Crippen LogP contribution in [0.15, 0.2) is 0 Å². The molecule has 112 valence electrons. The Labute approximate surface area is 113 Å². The molecule has 2 aliphatic carbocycles. The largest absolute Gasteiger partial charge is 0.395 e. The fourth-order valence-corrected chi connectivity index (χ4v) is 8.02. The second-order valence-corrected chi connectivity index (χ2v) is 9.70. The molecular formula is C14H24F3OP. The quantitative estimate of drug-likeness (QED) is 0.621. The molecule has 0 saturated heterocycles. The number of halogens is 3. The van der Waals surface area contributed by atoms with Crippen LogP contribution in [0.5, 0.6) is 0 Å². The maximum atomic E-state index is 13.2. The first kappa shape index (κ1) is 15.4. The van der Waals surface area contributed by atoms with Crippen molar-refractivity contribution in [3.8, 4) is 0 Å². The van der Waals surface area contributed by atoms with Crippen molar-refractivity contribution < 1.29 is 17.7 Å². The number of hydrogen-bond acceptors (Lipinski definition) is 1. The first-order chi connectivity index (χ1) is 8.92. The highest BCUT2D eigenvalue weighted by Gasteiger charge is 2.48. The normalized spacial score (nSPS) is 24.6. The Bertz CT molecular complexity index is 306. The monoisotopic (exact) mass is 296 g/mol. The van der Waals surface area contributed by atoms with Crippen LogP contribution in [0.4, 0.5) is 13.2 Å². The minimum absolute atomic E-state index is 0.147.